The van der Waals surface area contributed by atoms with Crippen LogP contribution in [0.4, 0.5) is 5.69 Å². The molecule has 0 radical (unpaired) electrons. The first-order chi connectivity index (χ1) is 11.0. The lowest BCUT2D eigenvalue weighted by Gasteiger charge is -2.08. The van der Waals surface area contributed by atoms with E-state index in [0.717, 1.165) is 18.4 Å². The van der Waals surface area contributed by atoms with Gasteiger partial charge >= 0.3 is 0 Å². The molecule has 7 heteroatoms. The molecule has 0 fully saturated rings. The molecule has 2 rings (SSSR count). The van der Waals surface area contributed by atoms with Crippen molar-refractivity contribution in [2.45, 2.75) is 26.2 Å². The van der Waals surface area contributed by atoms with Gasteiger partial charge in [-0.15, -0.1) is 0 Å². The first-order valence-corrected chi connectivity index (χ1v) is 7.26. The lowest BCUT2D eigenvalue weighted by Crippen LogP contribution is -2.20. The van der Waals surface area contributed by atoms with Crippen molar-refractivity contribution in [2.75, 3.05) is 6.61 Å². The zero-order chi connectivity index (χ0) is 16.8. The fraction of sp³-hybridized carbons (Fsp3) is 0.312. The van der Waals surface area contributed by atoms with Gasteiger partial charge in [0.2, 0.25) is 0 Å². The lowest BCUT2D eigenvalue weighted by atomic mass is 10.1. The summed E-state index contributed by atoms with van der Waals surface area (Å²) >= 11 is 0. The summed E-state index contributed by atoms with van der Waals surface area (Å²) in [5.41, 5.74) is 0.989. The Morgan fingerprint density at radius 2 is 1.91 bits per heavy atom. The summed E-state index contributed by atoms with van der Waals surface area (Å²) in [6.07, 6.45) is 2.05. The van der Waals surface area contributed by atoms with Crippen molar-refractivity contribution in [3.8, 4) is 5.75 Å². The molecule has 0 aliphatic heterocycles. The Balaban J connectivity index is 1.78. The summed E-state index contributed by atoms with van der Waals surface area (Å²) < 4.78 is 6.17. The van der Waals surface area contributed by atoms with E-state index in [-0.39, 0.29) is 5.69 Å². The minimum atomic E-state index is -0.458. The number of aromatic nitrogens is 1. The highest BCUT2D eigenvalue weighted by atomic mass is 16.6. The third-order valence-corrected chi connectivity index (χ3v) is 3.37. The zero-order valence-electron chi connectivity index (χ0n) is 12.8. The van der Waals surface area contributed by atoms with Crippen molar-refractivity contribution in [1.29, 1.82) is 0 Å². The van der Waals surface area contributed by atoms with Crippen LogP contribution in [0, 0.1) is 17.0 Å². The van der Waals surface area contributed by atoms with Crippen molar-refractivity contribution < 1.29 is 14.9 Å². The van der Waals surface area contributed by atoms with E-state index in [9.17, 15) is 20.1 Å². The monoisotopic (exact) mass is 318 g/mol. The van der Waals surface area contributed by atoms with Gasteiger partial charge in [-0.2, -0.15) is 4.73 Å². The molecule has 0 amide bonds. The van der Waals surface area contributed by atoms with Crippen LogP contribution in [-0.2, 0) is 6.42 Å². The number of ether oxygens (including phenoxy) is 1. The number of rotatable bonds is 7. The predicted octanol–water partition coefficient (Wildman–Crippen LogP) is 2.70. The maximum Gasteiger partial charge on any atom is 0.283 e. The van der Waals surface area contributed by atoms with Crippen molar-refractivity contribution in [1.82, 2.24) is 4.73 Å². The van der Waals surface area contributed by atoms with Gasteiger partial charge in [-0.1, -0.05) is 0 Å². The van der Waals surface area contributed by atoms with Gasteiger partial charge in [0.15, 0.2) is 0 Å². The summed E-state index contributed by atoms with van der Waals surface area (Å²) in [6, 6.07) is 9.06. The highest BCUT2D eigenvalue weighted by Gasteiger charge is 2.05. The number of hydrogen-bond donors (Lipinski definition) is 1. The minimum Gasteiger partial charge on any atom is -0.494 e. The van der Waals surface area contributed by atoms with E-state index < -0.39 is 10.5 Å². The summed E-state index contributed by atoms with van der Waals surface area (Å²) in [5.74, 6) is 0.574. The average molecular weight is 318 g/mol. The largest absolute Gasteiger partial charge is 0.494 e. The molecular formula is C16H18N2O5. The molecule has 1 heterocycles. The molecule has 0 saturated carbocycles. The molecule has 1 aromatic heterocycles. The van der Waals surface area contributed by atoms with Crippen LogP contribution in [0.5, 0.6) is 5.75 Å². The maximum absolute atomic E-state index is 11.5. The molecule has 1 aromatic carbocycles. The van der Waals surface area contributed by atoms with Crippen LogP contribution in [0.15, 0.2) is 41.2 Å². The number of nitro groups is 1. The first kappa shape index (κ1) is 16.5. The Labute approximate surface area is 132 Å². The van der Waals surface area contributed by atoms with E-state index in [2.05, 4.69) is 0 Å². The molecule has 1 N–H and O–H groups in total. The first-order valence-electron chi connectivity index (χ1n) is 7.26. The van der Waals surface area contributed by atoms with E-state index in [4.69, 9.17) is 4.74 Å². The minimum absolute atomic E-state index is 0.0257. The van der Waals surface area contributed by atoms with Crippen LogP contribution < -0.4 is 10.3 Å². The summed E-state index contributed by atoms with van der Waals surface area (Å²) in [7, 11) is 0. The molecule has 0 saturated heterocycles. The van der Waals surface area contributed by atoms with Gasteiger partial charge in [-0.25, -0.2) is 0 Å². The molecule has 7 nitrogen and oxygen atoms in total. The summed E-state index contributed by atoms with van der Waals surface area (Å²) in [6.45, 7) is 2.27. The fourth-order valence-corrected chi connectivity index (χ4v) is 2.20. The zero-order valence-corrected chi connectivity index (χ0v) is 12.8. The summed E-state index contributed by atoms with van der Waals surface area (Å²) in [4.78, 5) is 21.5. The fourth-order valence-electron chi connectivity index (χ4n) is 2.20. The van der Waals surface area contributed by atoms with E-state index in [0.29, 0.717) is 29.2 Å². The maximum atomic E-state index is 11.5. The van der Waals surface area contributed by atoms with Crippen molar-refractivity contribution >= 4 is 5.69 Å². The molecule has 0 bridgehead atoms. The standard InChI is InChI=1S/C16H18N2O5/c1-12-10-14(17(20)16(19)11-12)4-2-3-9-23-15-7-5-13(6-8-15)18(21)22/h5-8,10-11,20H,2-4,9H2,1H3. The van der Waals surface area contributed by atoms with Crippen LogP contribution in [0.25, 0.3) is 0 Å². The highest BCUT2D eigenvalue weighted by molar-refractivity contribution is 5.35. The predicted molar refractivity (Wildman–Crippen MR) is 84.2 cm³/mol. The number of hydrogen-bond acceptors (Lipinski definition) is 5. The normalized spacial score (nSPS) is 10.5. The van der Waals surface area contributed by atoms with Gasteiger partial charge < -0.3 is 9.94 Å². The van der Waals surface area contributed by atoms with E-state index in [1.165, 1.54) is 18.2 Å². The molecule has 23 heavy (non-hydrogen) atoms. The lowest BCUT2D eigenvalue weighted by molar-refractivity contribution is -0.384. The quantitative estimate of drug-likeness (QED) is 0.366. The summed E-state index contributed by atoms with van der Waals surface area (Å²) in [5, 5.41) is 20.2. The van der Waals surface area contributed by atoms with E-state index in [1.54, 1.807) is 18.2 Å². The second-order valence-electron chi connectivity index (χ2n) is 5.23. The molecule has 0 aliphatic carbocycles. The highest BCUT2D eigenvalue weighted by Crippen LogP contribution is 2.17. The molecule has 0 atom stereocenters. The molecule has 0 unspecified atom stereocenters. The molecule has 122 valence electrons. The van der Waals surface area contributed by atoms with E-state index >= 15 is 0 Å². The van der Waals surface area contributed by atoms with Gasteiger partial charge in [-0.3, -0.25) is 14.9 Å². The Hall–Kier alpha value is -2.83. The van der Waals surface area contributed by atoms with Crippen LogP contribution in [0.2, 0.25) is 0 Å². The van der Waals surface area contributed by atoms with Crippen molar-refractivity contribution in [2.24, 2.45) is 0 Å². The topological polar surface area (TPSA) is 94.6 Å². The second kappa shape index (κ2) is 7.44. The van der Waals surface area contributed by atoms with Gasteiger partial charge in [0.05, 0.1) is 17.2 Å². The van der Waals surface area contributed by atoms with Crippen molar-refractivity contribution in [3.05, 3.63) is 68.1 Å². The average Bonchev–Trinajstić information content (AvgIpc) is 2.52. The molecule has 0 aliphatic rings. The molecule has 0 spiro atoms. The Kier molecular flexibility index (Phi) is 5.35. The van der Waals surface area contributed by atoms with Gasteiger partial charge in [0, 0.05) is 18.2 Å². The SMILES string of the molecule is Cc1cc(CCCCOc2ccc([N+](=O)[O-])cc2)n(O)c(=O)c1. The smallest absolute Gasteiger partial charge is 0.283 e. The number of nitrogens with zero attached hydrogens (tertiary/aromatic N) is 2. The Morgan fingerprint density at radius 3 is 2.57 bits per heavy atom. The van der Waals surface area contributed by atoms with Gasteiger partial charge in [0.25, 0.3) is 11.2 Å². The molecule has 2 aromatic rings. The number of benzene rings is 1. The third kappa shape index (κ3) is 4.57. The Morgan fingerprint density at radius 1 is 1.22 bits per heavy atom. The van der Waals surface area contributed by atoms with E-state index in [1.807, 2.05) is 6.92 Å². The van der Waals surface area contributed by atoms with Crippen molar-refractivity contribution in [3.63, 3.8) is 0 Å². The number of pyridine rings is 1. The number of unbranched alkanes of at least 4 members (excludes halogenated alkanes) is 1. The number of aryl methyl sites for hydroxylation is 2. The van der Waals surface area contributed by atoms with Crippen LogP contribution >= 0.6 is 0 Å². The molecular weight excluding hydrogens is 300 g/mol. The number of nitro benzene ring substituents is 1. The van der Waals surface area contributed by atoms with Crippen LogP contribution in [-0.4, -0.2) is 21.5 Å². The van der Waals surface area contributed by atoms with Gasteiger partial charge in [-0.05, 0) is 49.9 Å². The van der Waals surface area contributed by atoms with Gasteiger partial charge in [0.1, 0.15) is 5.75 Å². The third-order valence-electron chi connectivity index (χ3n) is 3.37. The Bertz CT molecular complexity index is 737. The van der Waals surface area contributed by atoms with Crippen LogP contribution in [0.3, 0.4) is 0 Å². The number of non-ortho nitro benzene ring substituents is 1. The second-order valence-corrected chi connectivity index (χ2v) is 5.23. The van der Waals surface area contributed by atoms with Crippen LogP contribution in [0.1, 0.15) is 24.1 Å².